The van der Waals surface area contributed by atoms with Crippen LogP contribution in [0.1, 0.15) is 0 Å². The summed E-state index contributed by atoms with van der Waals surface area (Å²) >= 11 is 0. The second-order valence-corrected chi connectivity index (χ2v) is 11.4. The van der Waals surface area contributed by atoms with Crippen LogP contribution in [-0.4, -0.2) is 24.9 Å². The molecule has 4 heterocycles. The lowest BCUT2D eigenvalue weighted by Gasteiger charge is -2.12. The minimum Gasteiger partial charge on any atom is -0.255 e. The highest BCUT2D eigenvalue weighted by molar-refractivity contribution is 6.04. The van der Waals surface area contributed by atoms with Gasteiger partial charge in [0.1, 0.15) is 0 Å². The van der Waals surface area contributed by atoms with Gasteiger partial charge in [0, 0.05) is 33.7 Å². The fourth-order valence-corrected chi connectivity index (χ4v) is 6.12. The Balaban J connectivity index is 1.15. The summed E-state index contributed by atoms with van der Waals surface area (Å²) in [6, 6.07) is 49.7. The van der Waals surface area contributed by atoms with Gasteiger partial charge in [-0.25, -0.2) is 19.9 Å². The molecule has 0 spiro atoms. The van der Waals surface area contributed by atoms with Gasteiger partial charge in [-0.15, -0.1) is 0 Å². The number of hydrogen-bond donors (Lipinski definition) is 0. The Hall–Kier alpha value is -6.33. The monoisotopic (exact) mass is 587 g/mol. The fourth-order valence-electron chi connectivity index (χ4n) is 6.12. The van der Waals surface area contributed by atoms with E-state index in [9.17, 15) is 0 Å². The number of hydrogen-bond acceptors (Lipinski definition) is 5. The van der Waals surface area contributed by atoms with E-state index in [2.05, 4.69) is 102 Å². The lowest BCUT2D eigenvalue weighted by atomic mass is 9.99. The number of nitrogens with zero attached hydrogens (tertiary/aromatic N) is 5. The summed E-state index contributed by atoms with van der Waals surface area (Å²) in [5.41, 5.74) is 10.8. The molecule has 0 N–H and O–H groups in total. The van der Waals surface area contributed by atoms with Crippen molar-refractivity contribution in [2.75, 3.05) is 0 Å². The van der Waals surface area contributed by atoms with Crippen molar-refractivity contribution in [3.05, 3.63) is 152 Å². The predicted molar refractivity (Wildman–Crippen MR) is 187 cm³/mol. The van der Waals surface area contributed by atoms with Gasteiger partial charge in [-0.3, -0.25) is 4.98 Å². The van der Waals surface area contributed by atoms with Crippen LogP contribution in [0.2, 0.25) is 0 Å². The molecule has 0 aliphatic rings. The summed E-state index contributed by atoms with van der Waals surface area (Å²) in [5.74, 6) is 0. The Morgan fingerprint density at radius 1 is 0.326 bits per heavy atom. The summed E-state index contributed by atoms with van der Waals surface area (Å²) in [4.78, 5) is 24.9. The van der Waals surface area contributed by atoms with Crippen molar-refractivity contribution in [3.63, 3.8) is 0 Å². The van der Waals surface area contributed by atoms with Crippen molar-refractivity contribution in [1.29, 1.82) is 0 Å². The Bertz CT molecular complexity index is 2580. The predicted octanol–water partition coefficient (Wildman–Crippen LogP) is 9.94. The molecule has 0 aliphatic heterocycles. The van der Waals surface area contributed by atoms with Crippen molar-refractivity contribution >= 4 is 43.6 Å². The molecule has 0 radical (unpaired) electrons. The Morgan fingerprint density at radius 2 is 0.870 bits per heavy atom. The maximum atomic E-state index is 5.13. The summed E-state index contributed by atoms with van der Waals surface area (Å²) < 4.78 is 0. The number of para-hydroxylation sites is 2. The smallest absolute Gasteiger partial charge is 0.0973 e. The molecule has 9 aromatic rings. The average Bonchev–Trinajstić information content (AvgIpc) is 3.14. The Labute approximate surface area is 264 Å². The molecule has 0 unspecified atom stereocenters. The molecule has 9 rings (SSSR count). The van der Waals surface area contributed by atoms with E-state index in [-0.39, 0.29) is 0 Å². The number of benzene rings is 5. The van der Waals surface area contributed by atoms with Gasteiger partial charge >= 0.3 is 0 Å². The van der Waals surface area contributed by atoms with Gasteiger partial charge in [-0.05, 0) is 53.2 Å². The quantitative estimate of drug-likeness (QED) is 0.192. The van der Waals surface area contributed by atoms with Crippen LogP contribution in [0.25, 0.3) is 88.8 Å². The number of pyridine rings is 3. The summed E-state index contributed by atoms with van der Waals surface area (Å²) in [6.07, 6.45) is 1.79. The highest BCUT2D eigenvalue weighted by Gasteiger charge is 2.15. The highest BCUT2D eigenvalue weighted by Crippen LogP contribution is 2.34. The second-order valence-electron chi connectivity index (χ2n) is 11.4. The van der Waals surface area contributed by atoms with Crippen molar-refractivity contribution in [2.45, 2.75) is 0 Å². The first-order valence-corrected chi connectivity index (χ1v) is 15.3. The summed E-state index contributed by atoms with van der Waals surface area (Å²) in [5, 5.41) is 4.46. The standard InChI is InChI=1S/C41H25N5/c1-2-8-31-25-32(19-12-26(31)7-1)41-40(44-35-10-3-4-11-36(35)45-41)28-15-13-27(14-16-28)33-22-20-29-17-18-30-21-23-37(34-9-5-6-24-42-34)46-39(30)38(29)43-33/h1-25H. The fraction of sp³-hybridized carbons (Fsp3) is 0. The Kier molecular flexibility index (Phi) is 6.06. The van der Waals surface area contributed by atoms with Gasteiger partial charge < -0.3 is 0 Å². The SMILES string of the molecule is c1ccc(-c2ccc3ccc4ccc(-c5ccc(-c6nc7ccccc7nc6-c6ccc7ccccc7c6)cc5)nc4c3n2)nc1. The van der Waals surface area contributed by atoms with E-state index in [4.69, 9.17) is 19.9 Å². The summed E-state index contributed by atoms with van der Waals surface area (Å²) in [7, 11) is 0. The molecule has 5 nitrogen and oxygen atoms in total. The maximum Gasteiger partial charge on any atom is 0.0973 e. The van der Waals surface area contributed by atoms with Crippen molar-refractivity contribution in [3.8, 4) is 45.2 Å². The van der Waals surface area contributed by atoms with Crippen LogP contribution in [0.15, 0.2) is 152 Å². The van der Waals surface area contributed by atoms with Crippen LogP contribution < -0.4 is 0 Å². The van der Waals surface area contributed by atoms with E-state index in [0.29, 0.717) is 0 Å². The average molecular weight is 588 g/mol. The zero-order valence-corrected chi connectivity index (χ0v) is 24.7. The van der Waals surface area contributed by atoms with Gasteiger partial charge in [0.15, 0.2) is 0 Å². The maximum absolute atomic E-state index is 5.13. The van der Waals surface area contributed by atoms with Gasteiger partial charge in [-0.2, -0.15) is 0 Å². The third-order valence-corrected chi connectivity index (χ3v) is 8.49. The molecule has 5 heteroatoms. The molecular weight excluding hydrogens is 562 g/mol. The third kappa shape index (κ3) is 4.54. The van der Waals surface area contributed by atoms with E-state index in [1.807, 2.05) is 48.5 Å². The van der Waals surface area contributed by atoms with Gasteiger partial charge in [0.2, 0.25) is 0 Å². The van der Waals surface area contributed by atoms with Crippen LogP contribution in [0.5, 0.6) is 0 Å². The van der Waals surface area contributed by atoms with Crippen LogP contribution >= 0.6 is 0 Å². The molecule has 0 amide bonds. The zero-order valence-electron chi connectivity index (χ0n) is 24.7. The zero-order chi connectivity index (χ0) is 30.5. The van der Waals surface area contributed by atoms with Crippen molar-refractivity contribution in [1.82, 2.24) is 24.9 Å². The third-order valence-electron chi connectivity index (χ3n) is 8.49. The minimum atomic E-state index is 0.830. The highest BCUT2D eigenvalue weighted by atomic mass is 14.8. The van der Waals surface area contributed by atoms with Gasteiger partial charge in [0.05, 0.1) is 50.5 Å². The largest absolute Gasteiger partial charge is 0.255 e. The molecular formula is C41H25N5. The normalized spacial score (nSPS) is 11.5. The van der Waals surface area contributed by atoms with E-state index in [1.54, 1.807) is 6.20 Å². The lowest BCUT2D eigenvalue weighted by Crippen LogP contribution is -1.96. The van der Waals surface area contributed by atoms with Crippen LogP contribution in [-0.2, 0) is 0 Å². The van der Waals surface area contributed by atoms with Crippen LogP contribution in [0, 0.1) is 0 Å². The van der Waals surface area contributed by atoms with E-state index >= 15 is 0 Å². The lowest BCUT2D eigenvalue weighted by molar-refractivity contribution is 1.27. The first-order valence-electron chi connectivity index (χ1n) is 15.3. The minimum absolute atomic E-state index is 0.830. The molecule has 0 fully saturated rings. The molecule has 0 aliphatic carbocycles. The topological polar surface area (TPSA) is 64.5 Å². The van der Waals surface area contributed by atoms with E-state index in [1.165, 1.54) is 10.8 Å². The van der Waals surface area contributed by atoms with E-state index in [0.717, 1.165) is 78.0 Å². The van der Waals surface area contributed by atoms with Crippen molar-refractivity contribution in [2.24, 2.45) is 0 Å². The van der Waals surface area contributed by atoms with Gasteiger partial charge in [-0.1, -0.05) is 103 Å². The number of fused-ring (bicyclic) bond motifs is 5. The number of aromatic nitrogens is 5. The van der Waals surface area contributed by atoms with Gasteiger partial charge in [0.25, 0.3) is 0 Å². The molecule has 0 atom stereocenters. The molecule has 46 heavy (non-hydrogen) atoms. The summed E-state index contributed by atoms with van der Waals surface area (Å²) in [6.45, 7) is 0. The molecule has 0 saturated carbocycles. The molecule has 0 saturated heterocycles. The first kappa shape index (κ1) is 26.1. The second kappa shape index (κ2) is 10.7. The van der Waals surface area contributed by atoms with Crippen LogP contribution in [0.3, 0.4) is 0 Å². The van der Waals surface area contributed by atoms with E-state index < -0.39 is 0 Å². The van der Waals surface area contributed by atoms with Crippen LogP contribution in [0.4, 0.5) is 0 Å². The Morgan fingerprint density at radius 3 is 1.59 bits per heavy atom. The molecule has 5 aromatic carbocycles. The molecule has 4 aromatic heterocycles. The molecule has 0 bridgehead atoms. The molecule has 214 valence electrons. The van der Waals surface area contributed by atoms with Crippen molar-refractivity contribution < 1.29 is 0 Å². The first-order chi connectivity index (χ1) is 22.8. The number of rotatable bonds is 4.